The zero-order valence-corrected chi connectivity index (χ0v) is 22.2. The van der Waals surface area contributed by atoms with Crippen molar-refractivity contribution in [3.63, 3.8) is 0 Å². The lowest BCUT2D eigenvalue weighted by Crippen LogP contribution is -2.22. The molecule has 0 radical (unpaired) electrons. The molecule has 2 aromatic carbocycles. The van der Waals surface area contributed by atoms with E-state index in [1.807, 2.05) is 38.1 Å². The molecule has 1 aliphatic rings. The van der Waals surface area contributed by atoms with Gasteiger partial charge >= 0.3 is 18.0 Å². The van der Waals surface area contributed by atoms with Gasteiger partial charge in [0.05, 0.1) is 25.0 Å². The van der Waals surface area contributed by atoms with Crippen LogP contribution in [0.15, 0.2) is 42.0 Å². The van der Waals surface area contributed by atoms with Crippen LogP contribution in [0.3, 0.4) is 0 Å². The standard InChI is InChI=1S/C29H36N2O6/c1-18(2)15-16-36-24(32)14-12-19(3)11-13-22-26(31-29(34)30-21-9-7-6-8-10-21)25-23(17-37-28(25)33)20(4)27(22)35-5/h6-11,18H,12-17H2,1-5H3,(H2,30,31,34). The third kappa shape index (κ3) is 7.35. The Morgan fingerprint density at radius 1 is 1.14 bits per heavy atom. The topological polar surface area (TPSA) is 103 Å². The van der Waals surface area contributed by atoms with Crippen molar-refractivity contribution in [3.8, 4) is 5.75 Å². The molecule has 0 bridgehead atoms. The number of nitrogens with one attached hydrogen (secondary N) is 2. The Morgan fingerprint density at radius 2 is 1.86 bits per heavy atom. The SMILES string of the molecule is COc1c(C)c2c(c(NC(=O)Nc3ccccc3)c1CC=C(C)CCC(=O)OCCC(C)C)C(=O)OC2. The predicted molar refractivity (Wildman–Crippen MR) is 143 cm³/mol. The fraction of sp³-hybridized carbons (Fsp3) is 0.414. The highest BCUT2D eigenvalue weighted by Crippen LogP contribution is 2.41. The normalized spacial score (nSPS) is 12.7. The van der Waals surface area contributed by atoms with Crippen molar-refractivity contribution in [1.82, 2.24) is 0 Å². The number of methoxy groups -OCH3 is 1. The van der Waals surface area contributed by atoms with Gasteiger partial charge in [-0.05, 0) is 56.7 Å². The largest absolute Gasteiger partial charge is 0.496 e. The second kappa shape index (κ2) is 12.9. The van der Waals surface area contributed by atoms with E-state index in [1.54, 1.807) is 19.2 Å². The fourth-order valence-electron chi connectivity index (χ4n) is 4.15. The quantitative estimate of drug-likeness (QED) is 0.278. The average Bonchev–Trinajstić information content (AvgIpc) is 3.25. The number of anilines is 2. The van der Waals surface area contributed by atoms with Gasteiger partial charge in [-0.15, -0.1) is 0 Å². The molecule has 1 aliphatic heterocycles. The number of cyclic esters (lactones) is 1. The average molecular weight is 509 g/mol. The molecular weight excluding hydrogens is 472 g/mol. The zero-order valence-electron chi connectivity index (χ0n) is 22.2. The lowest BCUT2D eigenvalue weighted by atomic mass is 9.93. The summed E-state index contributed by atoms with van der Waals surface area (Å²) in [5.41, 5.74) is 4.48. The molecule has 0 aliphatic carbocycles. The van der Waals surface area contributed by atoms with Crippen LogP contribution >= 0.6 is 0 Å². The molecule has 0 spiro atoms. The Labute approximate surface area is 218 Å². The first-order chi connectivity index (χ1) is 17.7. The van der Waals surface area contributed by atoms with Gasteiger partial charge in [-0.3, -0.25) is 4.79 Å². The summed E-state index contributed by atoms with van der Waals surface area (Å²) in [6.07, 6.45) is 4.04. The first kappa shape index (κ1) is 27.8. The lowest BCUT2D eigenvalue weighted by molar-refractivity contribution is -0.143. The van der Waals surface area contributed by atoms with Gasteiger partial charge in [-0.1, -0.05) is 43.7 Å². The second-order valence-electron chi connectivity index (χ2n) is 9.54. The van der Waals surface area contributed by atoms with Crippen LogP contribution in [0, 0.1) is 12.8 Å². The highest BCUT2D eigenvalue weighted by Gasteiger charge is 2.32. The van der Waals surface area contributed by atoms with Crippen molar-refractivity contribution in [2.75, 3.05) is 24.4 Å². The van der Waals surface area contributed by atoms with E-state index < -0.39 is 12.0 Å². The number of rotatable bonds is 11. The third-order valence-electron chi connectivity index (χ3n) is 6.28. The van der Waals surface area contributed by atoms with Crippen LogP contribution in [-0.2, 0) is 27.3 Å². The fourth-order valence-corrected chi connectivity index (χ4v) is 4.15. The summed E-state index contributed by atoms with van der Waals surface area (Å²) in [6.45, 7) is 8.55. The van der Waals surface area contributed by atoms with Crippen LogP contribution in [0.25, 0.3) is 0 Å². The summed E-state index contributed by atoms with van der Waals surface area (Å²) in [6, 6.07) is 8.56. The number of fused-ring (bicyclic) bond motifs is 1. The number of urea groups is 1. The molecule has 2 amide bonds. The van der Waals surface area contributed by atoms with E-state index in [2.05, 4.69) is 24.5 Å². The Kier molecular flexibility index (Phi) is 9.71. The van der Waals surface area contributed by atoms with E-state index >= 15 is 0 Å². The van der Waals surface area contributed by atoms with Crippen LogP contribution in [-0.4, -0.2) is 31.7 Å². The molecule has 37 heavy (non-hydrogen) atoms. The lowest BCUT2D eigenvalue weighted by Gasteiger charge is -2.20. The summed E-state index contributed by atoms with van der Waals surface area (Å²) in [7, 11) is 1.56. The highest BCUT2D eigenvalue weighted by molar-refractivity contribution is 6.08. The minimum absolute atomic E-state index is 0.124. The van der Waals surface area contributed by atoms with Gasteiger partial charge in [-0.25, -0.2) is 9.59 Å². The molecule has 2 aromatic rings. The second-order valence-corrected chi connectivity index (χ2v) is 9.54. The van der Waals surface area contributed by atoms with Gasteiger partial charge in [0, 0.05) is 23.2 Å². The van der Waals surface area contributed by atoms with E-state index in [-0.39, 0.29) is 19.0 Å². The van der Waals surface area contributed by atoms with Gasteiger partial charge in [0.25, 0.3) is 0 Å². The predicted octanol–water partition coefficient (Wildman–Crippen LogP) is 6.18. The van der Waals surface area contributed by atoms with Crippen molar-refractivity contribution >= 4 is 29.3 Å². The molecule has 8 heteroatoms. The number of hydrogen-bond acceptors (Lipinski definition) is 6. The van der Waals surface area contributed by atoms with Gasteiger partial charge in [0.15, 0.2) is 0 Å². The molecule has 0 fully saturated rings. The monoisotopic (exact) mass is 508 g/mol. The number of para-hydroxylation sites is 1. The molecule has 198 valence electrons. The molecule has 0 unspecified atom stereocenters. The third-order valence-corrected chi connectivity index (χ3v) is 6.28. The van der Waals surface area contributed by atoms with Crippen LogP contribution in [0.4, 0.5) is 16.2 Å². The van der Waals surface area contributed by atoms with Gasteiger partial charge in [0.2, 0.25) is 0 Å². The summed E-state index contributed by atoms with van der Waals surface area (Å²) < 4.78 is 16.3. The number of esters is 2. The van der Waals surface area contributed by atoms with Crippen molar-refractivity contribution in [2.45, 2.75) is 60.0 Å². The molecule has 0 saturated heterocycles. The summed E-state index contributed by atoms with van der Waals surface area (Å²) in [5, 5.41) is 5.65. The van der Waals surface area contributed by atoms with Crippen LogP contribution in [0.1, 0.15) is 67.1 Å². The number of benzene rings is 2. The van der Waals surface area contributed by atoms with Crippen LogP contribution < -0.4 is 15.4 Å². The van der Waals surface area contributed by atoms with Gasteiger partial charge in [-0.2, -0.15) is 0 Å². The van der Waals surface area contributed by atoms with E-state index in [0.717, 1.165) is 17.6 Å². The maximum atomic E-state index is 12.9. The smallest absolute Gasteiger partial charge is 0.341 e. The van der Waals surface area contributed by atoms with Crippen molar-refractivity contribution < 1.29 is 28.6 Å². The Morgan fingerprint density at radius 3 is 2.54 bits per heavy atom. The zero-order chi connectivity index (χ0) is 26.9. The minimum Gasteiger partial charge on any atom is -0.496 e. The Hall–Kier alpha value is -3.81. The van der Waals surface area contributed by atoms with E-state index in [1.165, 1.54) is 0 Å². The van der Waals surface area contributed by atoms with Crippen molar-refractivity contribution in [2.24, 2.45) is 5.92 Å². The molecular formula is C29H36N2O6. The van der Waals surface area contributed by atoms with Crippen LogP contribution in [0.2, 0.25) is 0 Å². The first-order valence-electron chi connectivity index (χ1n) is 12.5. The number of ether oxygens (including phenoxy) is 3. The van der Waals surface area contributed by atoms with E-state index in [4.69, 9.17) is 14.2 Å². The number of amides is 2. The molecule has 3 rings (SSSR count). The highest BCUT2D eigenvalue weighted by atomic mass is 16.5. The summed E-state index contributed by atoms with van der Waals surface area (Å²) in [4.78, 5) is 37.6. The van der Waals surface area contributed by atoms with Gasteiger partial charge in [0.1, 0.15) is 12.4 Å². The number of hydrogen-bond donors (Lipinski definition) is 2. The maximum absolute atomic E-state index is 12.9. The Bertz CT molecular complexity index is 1170. The molecule has 1 heterocycles. The van der Waals surface area contributed by atoms with Gasteiger partial charge < -0.3 is 24.8 Å². The van der Waals surface area contributed by atoms with Crippen LogP contribution in [0.5, 0.6) is 5.75 Å². The number of allylic oxidation sites excluding steroid dienone is 2. The van der Waals surface area contributed by atoms with Crippen molar-refractivity contribution in [3.05, 3.63) is 64.2 Å². The maximum Gasteiger partial charge on any atom is 0.341 e. The Balaban J connectivity index is 1.82. The molecule has 0 atom stereocenters. The molecule has 0 aromatic heterocycles. The van der Waals surface area contributed by atoms with E-state index in [9.17, 15) is 14.4 Å². The van der Waals surface area contributed by atoms with E-state index in [0.29, 0.717) is 59.2 Å². The first-order valence-corrected chi connectivity index (χ1v) is 12.5. The summed E-state index contributed by atoms with van der Waals surface area (Å²) in [5.74, 6) is 0.364. The molecule has 0 saturated carbocycles. The number of carbonyl (C=O) groups excluding carboxylic acids is 3. The summed E-state index contributed by atoms with van der Waals surface area (Å²) >= 11 is 0. The minimum atomic E-state index is -0.484. The van der Waals surface area contributed by atoms with Crippen molar-refractivity contribution in [1.29, 1.82) is 0 Å². The molecule has 2 N–H and O–H groups in total. The number of carbonyl (C=O) groups is 3. The molecule has 8 nitrogen and oxygen atoms in total.